The first-order chi connectivity index (χ1) is 9.40. The van der Waals surface area contributed by atoms with E-state index in [4.69, 9.17) is 5.73 Å². The summed E-state index contributed by atoms with van der Waals surface area (Å²) in [4.78, 5) is 25.5. The standard InChI is InChI=1S/C15H29N3O2/c1-11(2)6-7-14(19)17-9-15(20)18-8-4-5-13(10-18)12(3)16/h11-13H,4-10,16H2,1-3H3,(H,17,19). The van der Waals surface area contributed by atoms with Crippen molar-refractivity contribution in [3.8, 4) is 0 Å². The number of hydrogen-bond donors (Lipinski definition) is 2. The molecule has 1 heterocycles. The molecule has 0 saturated carbocycles. The van der Waals surface area contributed by atoms with E-state index < -0.39 is 0 Å². The van der Waals surface area contributed by atoms with E-state index in [0.29, 0.717) is 18.3 Å². The van der Waals surface area contributed by atoms with Gasteiger partial charge in [0.05, 0.1) is 6.54 Å². The van der Waals surface area contributed by atoms with Crippen LogP contribution < -0.4 is 11.1 Å². The van der Waals surface area contributed by atoms with Crippen LogP contribution in [0.5, 0.6) is 0 Å². The van der Waals surface area contributed by atoms with Crippen molar-refractivity contribution in [2.45, 2.75) is 52.5 Å². The van der Waals surface area contributed by atoms with Crippen molar-refractivity contribution in [3.63, 3.8) is 0 Å². The van der Waals surface area contributed by atoms with Crippen molar-refractivity contribution >= 4 is 11.8 Å². The zero-order valence-corrected chi connectivity index (χ0v) is 13.0. The van der Waals surface area contributed by atoms with Crippen LogP contribution in [-0.4, -0.2) is 42.4 Å². The smallest absolute Gasteiger partial charge is 0.241 e. The molecule has 5 nitrogen and oxygen atoms in total. The van der Waals surface area contributed by atoms with E-state index >= 15 is 0 Å². The Hall–Kier alpha value is -1.10. The highest BCUT2D eigenvalue weighted by atomic mass is 16.2. The summed E-state index contributed by atoms with van der Waals surface area (Å²) in [5.41, 5.74) is 5.91. The molecule has 0 bridgehead atoms. The van der Waals surface area contributed by atoms with Gasteiger partial charge in [-0.2, -0.15) is 0 Å². The molecule has 1 aliphatic heterocycles. The summed E-state index contributed by atoms with van der Waals surface area (Å²) in [5.74, 6) is 0.857. The normalized spacial score (nSPS) is 20.9. The predicted molar refractivity (Wildman–Crippen MR) is 80.0 cm³/mol. The molecule has 0 aromatic carbocycles. The fourth-order valence-corrected chi connectivity index (χ4v) is 2.46. The molecule has 3 N–H and O–H groups in total. The number of carbonyl (C=O) groups excluding carboxylic acids is 2. The lowest BCUT2D eigenvalue weighted by Gasteiger charge is -2.34. The van der Waals surface area contributed by atoms with Gasteiger partial charge >= 0.3 is 0 Å². The van der Waals surface area contributed by atoms with Crippen molar-refractivity contribution in [1.29, 1.82) is 0 Å². The molecule has 2 amide bonds. The Morgan fingerprint density at radius 2 is 2.05 bits per heavy atom. The van der Waals surface area contributed by atoms with E-state index in [1.807, 2.05) is 11.8 Å². The maximum absolute atomic E-state index is 12.1. The number of likely N-dealkylation sites (tertiary alicyclic amines) is 1. The van der Waals surface area contributed by atoms with Gasteiger partial charge in [0.1, 0.15) is 0 Å². The predicted octanol–water partition coefficient (Wildman–Crippen LogP) is 1.12. The number of nitrogens with one attached hydrogen (secondary N) is 1. The Morgan fingerprint density at radius 3 is 2.65 bits per heavy atom. The molecule has 116 valence electrons. The third-order valence-electron chi connectivity index (χ3n) is 3.94. The molecule has 2 atom stereocenters. The van der Waals surface area contributed by atoms with Crippen LogP contribution in [0.1, 0.15) is 46.5 Å². The third-order valence-corrected chi connectivity index (χ3v) is 3.94. The summed E-state index contributed by atoms with van der Waals surface area (Å²) in [5, 5.41) is 2.72. The molecule has 20 heavy (non-hydrogen) atoms. The molecule has 0 radical (unpaired) electrons. The zero-order chi connectivity index (χ0) is 15.1. The fourth-order valence-electron chi connectivity index (χ4n) is 2.46. The highest BCUT2D eigenvalue weighted by Gasteiger charge is 2.25. The molecule has 2 unspecified atom stereocenters. The summed E-state index contributed by atoms with van der Waals surface area (Å²) < 4.78 is 0. The van der Waals surface area contributed by atoms with Crippen LogP contribution in [0.25, 0.3) is 0 Å². The van der Waals surface area contributed by atoms with Crippen LogP contribution in [0.15, 0.2) is 0 Å². The van der Waals surface area contributed by atoms with Crippen molar-refractivity contribution in [2.24, 2.45) is 17.6 Å². The minimum absolute atomic E-state index is 0.00764. The summed E-state index contributed by atoms with van der Waals surface area (Å²) in [7, 11) is 0. The second kappa shape index (κ2) is 8.25. The maximum Gasteiger partial charge on any atom is 0.241 e. The minimum atomic E-state index is -0.0344. The van der Waals surface area contributed by atoms with Crippen molar-refractivity contribution in [3.05, 3.63) is 0 Å². The van der Waals surface area contributed by atoms with Gasteiger partial charge in [-0.05, 0) is 38.0 Å². The Bertz CT molecular complexity index is 329. The quantitative estimate of drug-likeness (QED) is 0.767. The number of piperidine rings is 1. The van der Waals surface area contributed by atoms with Gasteiger partial charge in [-0.1, -0.05) is 13.8 Å². The van der Waals surface area contributed by atoms with E-state index in [1.165, 1.54) is 0 Å². The first-order valence-corrected chi connectivity index (χ1v) is 7.70. The third kappa shape index (κ3) is 5.90. The number of nitrogens with two attached hydrogens (primary N) is 1. The Balaban J connectivity index is 2.30. The van der Waals surface area contributed by atoms with E-state index in [0.717, 1.165) is 32.4 Å². The minimum Gasteiger partial charge on any atom is -0.347 e. The fraction of sp³-hybridized carbons (Fsp3) is 0.867. The molecule has 0 aromatic heterocycles. The molecule has 0 aliphatic carbocycles. The molecule has 0 aromatic rings. The number of hydrogen-bond acceptors (Lipinski definition) is 3. The van der Waals surface area contributed by atoms with Gasteiger partial charge < -0.3 is 16.0 Å². The average molecular weight is 283 g/mol. The monoisotopic (exact) mass is 283 g/mol. The number of amides is 2. The van der Waals surface area contributed by atoms with Crippen LogP contribution in [0.4, 0.5) is 0 Å². The molecule has 1 aliphatic rings. The Morgan fingerprint density at radius 1 is 1.35 bits per heavy atom. The highest BCUT2D eigenvalue weighted by Crippen LogP contribution is 2.18. The molecular weight excluding hydrogens is 254 g/mol. The van der Waals surface area contributed by atoms with Gasteiger partial charge in [0.25, 0.3) is 0 Å². The van der Waals surface area contributed by atoms with Gasteiger partial charge in [0, 0.05) is 25.6 Å². The van der Waals surface area contributed by atoms with Crippen molar-refractivity contribution in [2.75, 3.05) is 19.6 Å². The summed E-state index contributed by atoms with van der Waals surface area (Å²) in [6.45, 7) is 7.78. The zero-order valence-electron chi connectivity index (χ0n) is 13.0. The second-order valence-electron chi connectivity index (χ2n) is 6.31. The maximum atomic E-state index is 12.1. The molecule has 1 rings (SSSR count). The summed E-state index contributed by atoms with van der Waals surface area (Å²) in [6.07, 6.45) is 3.44. The van der Waals surface area contributed by atoms with Crippen LogP contribution in [0.2, 0.25) is 0 Å². The van der Waals surface area contributed by atoms with Crippen LogP contribution in [0, 0.1) is 11.8 Å². The topological polar surface area (TPSA) is 75.4 Å². The van der Waals surface area contributed by atoms with Gasteiger partial charge in [-0.3, -0.25) is 9.59 Å². The lowest BCUT2D eigenvalue weighted by Crippen LogP contribution is -2.48. The van der Waals surface area contributed by atoms with Crippen molar-refractivity contribution < 1.29 is 9.59 Å². The lowest BCUT2D eigenvalue weighted by molar-refractivity contribution is -0.134. The van der Waals surface area contributed by atoms with Crippen molar-refractivity contribution in [1.82, 2.24) is 10.2 Å². The SMILES string of the molecule is CC(C)CCC(=O)NCC(=O)N1CCCC(C(C)N)C1. The van der Waals surface area contributed by atoms with Gasteiger partial charge in [-0.15, -0.1) is 0 Å². The van der Waals surface area contributed by atoms with E-state index in [1.54, 1.807) is 0 Å². The first-order valence-electron chi connectivity index (χ1n) is 7.70. The Labute approximate surface area is 122 Å². The van der Waals surface area contributed by atoms with Crippen LogP contribution in [-0.2, 0) is 9.59 Å². The average Bonchev–Trinajstić information content (AvgIpc) is 2.42. The van der Waals surface area contributed by atoms with Crippen LogP contribution >= 0.6 is 0 Å². The lowest BCUT2D eigenvalue weighted by atomic mass is 9.92. The largest absolute Gasteiger partial charge is 0.347 e. The Kier molecular flexibility index (Phi) is 6.99. The molecule has 1 fully saturated rings. The number of rotatable bonds is 6. The molecule has 0 spiro atoms. The van der Waals surface area contributed by atoms with E-state index in [-0.39, 0.29) is 24.4 Å². The first kappa shape index (κ1) is 17.0. The molecule has 5 heteroatoms. The number of nitrogens with zero attached hydrogens (tertiary/aromatic N) is 1. The molecule has 1 saturated heterocycles. The summed E-state index contributed by atoms with van der Waals surface area (Å²) in [6, 6.07) is 0.117. The highest BCUT2D eigenvalue weighted by molar-refractivity contribution is 5.84. The van der Waals surface area contributed by atoms with Gasteiger partial charge in [0.2, 0.25) is 11.8 Å². The number of carbonyl (C=O) groups is 2. The van der Waals surface area contributed by atoms with Gasteiger partial charge in [-0.25, -0.2) is 0 Å². The second-order valence-corrected chi connectivity index (χ2v) is 6.31. The summed E-state index contributed by atoms with van der Waals surface area (Å²) >= 11 is 0. The van der Waals surface area contributed by atoms with E-state index in [9.17, 15) is 9.59 Å². The van der Waals surface area contributed by atoms with Gasteiger partial charge in [0.15, 0.2) is 0 Å². The van der Waals surface area contributed by atoms with E-state index in [2.05, 4.69) is 19.2 Å². The van der Waals surface area contributed by atoms with Crippen LogP contribution in [0.3, 0.4) is 0 Å². The molecular formula is C15H29N3O2.